The Balaban J connectivity index is 2.42. The topological polar surface area (TPSA) is 69.2 Å². The fraction of sp³-hybridized carbons (Fsp3) is 0.500. The molecule has 1 aromatic rings. The number of aryl methyl sites for hydroxylation is 1. The van der Waals surface area contributed by atoms with Crippen molar-refractivity contribution in [2.45, 2.75) is 40.0 Å². The summed E-state index contributed by atoms with van der Waals surface area (Å²) in [4.78, 5) is 11.8. The average Bonchev–Trinajstić information content (AvgIpc) is 2.29. The van der Waals surface area contributed by atoms with Crippen LogP contribution in [0.1, 0.15) is 39.2 Å². The third kappa shape index (κ3) is 5.98. The van der Waals surface area contributed by atoms with E-state index in [1.165, 1.54) is 0 Å². The lowest BCUT2D eigenvalue weighted by Gasteiger charge is -2.16. The second-order valence-electron chi connectivity index (χ2n) is 5.56. The molecule has 0 saturated carbocycles. The van der Waals surface area contributed by atoms with E-state index in [0.29, 0.717) is 12.1 Å². The van der Waals surface area contributed by atoms with Crippen molar-refractivity contribution in [2.75, 3.05) is 4.72 Å². The Morgan fingerprint density at radius 1 is 1.26 bits per heavy atom. The minimum atomic E-state index is -2.29. The average molecular weight is 282 g/mol. The SMILES string of the molecule is CC(C)(C)C(=O)CCCc1ccc(NS(=O)[O-])cc1. The highest BCUT2D eigenvalue weighted by molar-refractivity contribution is 7.80. The summed E-state index contributed by atoms with van der Waals surface area (Å²) in [6.45, 7) is 5.79. The predicted octanol–water partition coefficient (Wildman–Crippen LogP) is 2.83. The fourth-order valence-electron chi connectivity index (χ4n) is 1.66. The largest absolute Gasteiger partial charge is 0.755 e. The van der Waals surface area contributed by atoms with E-state index < -0.39 is 11.3 Å². The number of anilines is 1. The van der Waals surface area contributed by atoms with Gasteiger partial charge < -0.3 is 9.27 Å². The molecule has 19 heavy (non-hydrogen) atoms. The van der Waals surface area contributed by atoms with Gasteiger partial charge in [0, 0.05) is 28.8 Å². The number of nitrogens with one attached hydrogen (secondary N) is 1. The molecular weight excluding hydrogens is 262 g/mol. The highest BCUT2D eigenvalue weighted by Gasteiger charge is 2.19. The van der Waals surface area contributed by atoms with Crippen molar-refractivity contribution in [3.8, 4) is 0 Å². The molecule has 0 fully saturated rings. The molecule has 0 bridgehead atoms. The van der Waals surface area contributed by atoms with Crippen LogP contribution < -0.4 is 4.72 Å². The Bertz CT molecular complexity index is 449. The van der Waals surface area contributed by atoms with Crippen molar-refractivity contribution < 1.29 is 13.6 Å². The molecule has 5 heteroatoms. The van der Waals surface area contributed by atoms with Crippen LogP contribution in [0.15, 0.2) is 24.3 Å². The Labute approximate surface area is 117 Å². The molecule has 0 amide bonds. The summed E-state index contributed by atoms with van der Waals surface area (Å²) in [7, 11) is 0. The maximum atomic E-state index is 11.8. The van der Waals surface area contributed by atoms with E-state index in [2.05, 4.69) is 4.72 Å². The van der Waals surface area contributed by atoms with Crippen LogP contribution in [0.25, 0.3) is 0 Å². The number of benzene rings is 1. The highest BCUT2D eigenvalue weighted by atomic mass is 32.2. The molecular formula is C14H20NO3S-. The number of rotatable bonds is 6. The summed E-state index contributed by atoms with van der Waals surface area (Å²) < 4.78 is 23.2. The summed E-state index contributed by atoms with van der Waals surface area (Å²) in [5.74, 6) is 0.271. The van der Waals surface area contributed by atoms with Gasteiger partial charge in [-0.2, -0.15) is 0 Å². The molecule has 0 aliphatic carbocycles. The van der Waals surface area contributed by atoms with Crippen LogP contribution in [0, 0.1) is 5.41 Å². The second kappa shape index (κ2) is 6.82. The summed E-state index contributed by atoms with van der Waals surface area (Å²) in [6.07, 6.45) is 2.22. The molecule has 1 N–H and O–H groups in total. The van der Waals surface area contributed by atoms with Gasteiger partial charge in [0.25, 0.3) is 0 Å². The highest BCUT2D eigenvalue weighted by Crippen LogP contribution is 2.19. The predicted molar refractivity (Wildman–Crippen MR) is 76.4 cm³/mol. The first-order chi connectivity index (χ1) is 8.79. The zero-order valence-corrected chi connectivity index (χ0v) is 12.4. The monoisotopic (exact) mass is 282 g/mol. The summed E-state index contributed by atoms with van der Waals surface area (Å²) in [5, 5.41) is 0. The van der Waals surface area contributed by atoms with Gasteiger partial charge >= 0.3 is 0 Å². The number of Topliss-reactive ketones (excluding diaryl/α,β-unsaturated/α-hetero) is 1. The van der Waals surface area contributed by atoms with Gasteiger partial charge in [-0.1, -0.05) is 32.9 Å². The van der Waals surface area contributed by atoms with E-state index in [0.717, 1.165) is 18.4 Å². The number of carbonyl (C=O) groups is 1. The van der Waals surface area contributed by atoms with E-state index in [4.69, 9.17) is 0 Å². The molecule has 0 spiro atoms. The van der Waals surface area contributed by atoms with Gasteiger partial charge in [-0.3, -0.25) is 9.00 Å². The van der Waals surface area contributed by atoms with Gasteiger partial charge in [-0.15, -0.1) is 0 Å². The molecule has 0 aromatic heterocycles. The molecule has 0 aliphatic heterocycles. The standard InChI is InChI=1S/C14H21NO3S/c1-14(2,3)13(16)6-4-5-11-7-9-12(10-8-11)15-19(17)18/h7-10,15H,4-6H2,1-3H3,(H,17,18)/p-1. The first-order valence-electron chi connectivity index (χ1n) is 6.27. The first kappa shape index (κ1) is 15.9. The molecule has 0 saturated heterocycles. The molecule has 4 nitrogen and oxygen atoms in total. The Morgan fingerprint density at radius 2 is 1.84 bits per heavy atom. The van der Waals surface area contributed by atoms with E-state index in [1.807, 2.05) is 32.9 Å². The van der Waals surface area contributed by atoms with E-state index in [1.54, 1.807) is 12.1 Å². The molecule has 0 aliphatic rings. The fourth-order valence-corrected chi connectivity index (χ4v) is 1.99. The van der Waals surface area contributed by atoms with Crippen molar-refractivity contribution in [3.05, 3.63) is 29.8 Å². The van der Waals surface area contributed by atoms with Crippen LogP contribution in [-0.2, 0) is 22.5 Å². The van der Waals surface area contributed by atoms with Crippen LogP contribution in [0.4, 0.5) is 5.69 Å². The quantitative estimate of drug-likeness (QED) is 0.816. The number of carbonyl (C=O) groups excluding carboxylic acids is 1. The van der Waals surface area contributed by atoms with Crippen LogP contribution in [-0.4, -0.2) is 14.5 Å². The summed E-state index contributed by atoms with van der Waals surface area (Å²) in [5.41, 5.74) is 1.37. The van der Waals surface area contributed by atoms with Crippen molar-refractivity contribution in [2.24, 2.45) is 5.41 Å². The molecule has 106 valence electrons. The molecule has 0 radical (unpaired) electrons. The molecule has 1 rings (SSSR count). The van der Waals surface area contributed by atoms with Gasteiger partial charge in [0.15, 0.2) is 0 Å². The third-order valence-corrected chi connectivity index (χ3v) is 3.26. The van der Waals surface area contributed by atoms with Crippen molar-refractivity contribution in [1.82, 2.24) is 0 Å². The van der Waals surface area contributed by atoms with Crippen molar-refractivity contribution in [1.29, 1.82) is 0 Å². The molecule has 1 atom stereocenters. The minimum absolute atomic E-state index is 0.271. The van der Waals surface area contributed by atoms with Gasteiger partial charge in [-0.05, 0) is 30.5 Å². The number of hydrogen-bond acceptors (Lipinski definition) is 3. The van der Waals surface area contributed by atoms with Crippen molar-refractivity contribution >= 4 is 22.7 Å². The normalized spacial score (nSPS) is 13.1. The maximum Gasteiger partial charge on any atom is 0.138 e. The smallest absolute Gasteiger partial charge is 0.138 e. The number of hydrogen-bond donors (Lipinski definition) is 1. The molecule has 0 heterocycles. The Morgan fingerprint density at radius 3 is 2.32 bits per heavy atom. The third-order valence-electron chi connectivity index (χ3n) is 2.86. The zero-order valence-electron chi connectivity index (χ0n) is 11.6. The maximum absolute atomic E-state index is 11.8. The lowest BCUT2D eigenvalue weighted by Crippen LogP contribution is -2.19. The lowest BCUT2D eigenvalue weighted by molar-refractivity contribution is -0.126. The van der Waals surface area contributed by atoms with Gasteiger partial charge in [0.2, 0.25) is 0 Å². The van der Waals surface area contributed by atoms with E-state index in [-0.39, 0.29) is 11.2 Å². The van der Waals surface area contributed by atoms with Crippen molar-refractivity contribution in [3.63, 3.8) is 0 Å². The van der Waals surface area contributed by atoms with Crippen LogP contribution in [0.5, 0.6) is 0 Å². The van der Waals surface area contributed by atoms with E-state index >= 15 is 0 Å². The second-order valence-corrected chi connectivity index (χ2v) is 6.23. The van der Waals surface area contributed by atoms with Gasteiger partial charge in [0.05, 0.1) is 0 Å². The Hall–Kier alpha value is -1.20. The van der Waals surface area contributed by atoms with Crippen LogP contribution >= 0.6 is 0 Å². The van der Waals surface area contributed by atoms with Gasteiger partial charge in [-0.25, -0.2) is 0 Å². The van der Waals surface area contributed by atoms with E-state index in [9.17, 15) is 13.6 Å². The summed E-state index contributed by atoms with van der Waals surface area (Å²) >= 11 is -2.29. The summed E-state index contributed by atoms with van der Waals surface area (Å²) in [6, 6.07) is 7.18. The molecule has 1 aromatic carbocycles. The minimum Gasteiger partial charge on any atom is -0.755 e. The Kier molecular flexibility index (Phi) is 5.69. The first-order valence-corrected chi connectivity index (χ1v) is 7.34. The van der Waals surface area contributed by atoms with Crippen LogP contribution in [0.3, 0.4) is 0 Å². The number of ketones is 1. The zero-order chi connectivity index (χ0) is 14.5. The molecule has 1 unspecified atom stereocenters. The van der Waals surface area contributed by atoms with Gasteiger partial charge in [0.1, 0.15) is 5.78 Å². The van der Waals surface area contributed by atoms with Crippen LogP contribution in [0.2, 0.25) is 0 Å². The lowest BCUT2D eigenvalue weighted by atomic mass is 9.87.